The maximum atomic E-state index is 12.9. The van der Waals surface area contributed by atoms with Gasteiger partial charge in [-0.25, -0.2) is 4.79 Å². The van der Waals surface area contributed by atoms with Gasteiger partial charge >= 0.3 is 5.69 Å². The van der Waals surface area contributed by atoms with Gasteiger partial charge in [-0.3, -0.25) is 14.3 Å². The Morgan fingerprint density at radius 2 is 2.00 bits per heavy atom. The van der Waals surface area contributed by atoms with E-state index in [2.05, 4.69) is 15.2 Å². The topological polar surface area (TPSA) is 85.7 Å². The molecule has 1 aromatic heterocycles. The van der Waals surface area contributed by atoms with Crippen molar-refractivity contribution in [3.8, 4) is 5.75 Å². The first kappa shape index (κ1) is 23.8. The first-order valence-corrected chi connectivity index (χ1v) is 12.5. The van der Waals surface area contributed by atoms with Crippen LogP contribution in [0.1, 0.15) is 29.7 Å². The number of carbonyl (C=O) groups excluding carboxylic acids is 1. The Kier molecular flexibility index (Phi) is 8.06. The second-order valence-corrected chi connectivity index (χ2v) is 9.44. The molecule has 1 aromatic carbocycles. The number of methoxy groups -OCH3 is 1. The van der Waals surface area contributed by atoms with E-state index < -0.39 is 0 Å². The maximum absolute atomic E-state index is 12.9. The van der Waals surface area contributed by atoms with Gasteiger partial charge in [0.1, 0.15) is 10.8 Å². The Bertz CT molecular complexity index is 1050. The van der Waals surface area contributed by atoms with Gasteiger partial charge in [-0.1, -0.05) is 17.8 Å². The highest BCUT2D eigenvalue weighted by Gasteiger charge is 2.22. The molecule has 0 saturated carbocycles. The van der Waals surface area contributed by atoms with Crippen LogP contribution in [0.2, 0.25) is 0 Å². The van der Waals surface area contributed by atoms with Crippen molar-refractivity contribution in [2.45, 2.75) is 44.2 Å². The lowest BCUT2D eigenvalue weighted by atomic mass is 9.97. The first-order valence-electron chi connectivity index (χ1n) is 11.5. The molecule has 0 bridgehead atoms. The van der Waals surface area contributed by atoms with E-state index in [0.29, 0.717) is 23.0 Å². The molecule has 1 fully saturated rings. The largest absolute Gasteiger partial charge is 0.495 e. The fourth-order valence-corrected chi connectivity index (χ4v) is 5.28. The third-order valence-electron chi connectivity index (χ3n) is 6.16. The van der Waals surface area contributed by atoms with Crippen molar-refractivity contribution < 1.29 is 14.3 Å². The van der Waals surface area contributed by atoms with Gasteiger partial charge in [0.2, 0.25) is 5.91 Å². The molecule has 0 unspecified atom stereocenters. The Hall–Kier alpha value is -2.36. The summed E-state index contributed by atoms with van der Waals surface area (Å²) in [5.41, 5.74) is 3.70. The SMILES string of the molecule is COc1ccc(C)cc1NC(=O)CSc1nc(=O)n(CCN2CCOCC2)c2c1CCCC2. The second-order valence-electron chi connectivity index (χ2n) is 8.48. The van der Waals surface area contributed by atoms with Gasteiger partial charge in [-0.2, -0.15) is 4.98 Å². The van der Waals surface area contributed by atoms with Crippen molar-refractivity contribution in [2.24, 2.45) is 0 Å². The molecule has 1 saturated heterocycles. The van der Waals surface area contributed by atoms with E-state index in [1.807, 2.05) is 29.7 Å². The summed E-state index contributed by atoms with van der Waals surface area (Å²) >= 11 is 1.34. The lowest BCUT2D eigenvalue weighted by Gasteiger charge is -2.28. The van der Waals surface area contributed by atoms with Crippen LogP contribution in [0.25, 0.3) is 0 Å². The van der Waals surface area contributed by atoms with Gasteiger partial charge in [0, 0.05) is 37.4 Å². The maximum Gasteiger partial charge on any atom is 0.348 e. The van der Waals surface area contributed by atoms with E-state index in [1.54, 1.807) is 7.11 Å². The summed E-state index contributed by atoms with van der Waals surface area (Å²) in [5.74, 6) is 0.664. The monoisotopic (exact) mass is 472 g/mol. The summed E-state index contributed by atoms with van der Waals surface area (Å²) in [6.45, 7) is 6.73. The molecule has 1 N–H and O–H groups in total. The summed E-state index contributed by atoms with van der Waals surface area (Å²) in [6, 6.07) is 5.66. The number of hydrogen-bond acceptors (Lipinski definition) is 7. The minimum absolute atomic E-state index is 0.147. The molecule has 9 heteroatoms. The van der Waals surface area contributed by atoms with Crippen LogP contribution in [-0.2, 0) is 28.9 Å². The fourth-order valence-electron chi connectivity index (χ4n) is 4.40. The Morgan fingerprint density at radius 1 is 1.21 bits per heavy atom. The van der Waals surface area contributed by atoms with E-state index in [4.69, 9.17) is 9.47 Å². The molecule has 0 spiro atoms. The van der Waals surface area contributed by atoms with Crippen LogP contribution >= 0.6 is 11.8 Å². The van der Waals surface area contributed by atoms with Gasteiger partial charge in [0.15, 0.2) is 0 Å². The van der Waals surface area contributed by atoms with E-state index >= 15 is 0 Å². The number of morpholine rings is 1. The molecule has 2 aromatic rings. The second kappa shape index (κ2) is 11.2. The summed E-state index contributed by atoms with van der Waals surface area (Å²) in [6.07, 6.45) is 3.94. The zero-order valence-electron chi connectivity index (χ0n) is 19.4. The number of aromatic nitrogens is 2. The van der Waals surface area contributed by atoms with Crippen LogP contribution < -0.4 is 15.7 Å². The van der Waals surface area contributed by atoms with Crippen LogP contribution in [0.4, 0.5) is 5.69 Å². The molecule has 178 valence electrons. The number of nitrogens with one attached hydrogen (secondary N) is 1. The van der Waals surface area contributed by atoms with Crippen molar-refractivity contribution in [1.82, 2.24) is 14.5 Å². The van der Waals surface area contributed by atoms with Gasteiger partial charge < -0.3 is 14.8 Å². The van der Waals surface area contributed by atoms with Crippen molar-refractivity contribution in [3.63, 3.8) is 0 Å². The van der Waals surface area contributed by atoms with Gasteiger partial charge in [-0.05, 0) is 50.3 Å². The molecule has 1 aliphatic heterocycles. The molecule has 4 rings (SSSR count). The number of benzene rings is 1. The highest BCUT2D eigenvalue weighted by molar-refractivity contribution is 8.00. The zero-order chi connectivity index (χ0) is 23.2. The molecule has 2 heterocycles. The average molecular weight is 473 g/mol. The summed E-state index contributed by atoms with van der Waals surface area (Å²) < 4.78 is 12.6. The number of nitrogens with zero attached hydrogens (tertiary/aromatic N) is 3. The summed E-state index contributed by atoms with van der Waals surface area (Å²) in [7, 11) is 1.58. The standard InChI is InChI=1S/C24H32N4O4S/c1-17-7-8-21(31-2)19(15-17)25-22(29)16-33-23-18-5-3-4-6-20(18)28(24(30)26-23)10-9-27-11-13-32-14-12-27/h7-8,15H,3-6,9-14,16H2,1-2H3,(H,25,29). The fraction of sp³-hybridized carbons (Fsp3) is 0.542. The van der Waals surface area contributed by atoms with Gasteiger partial charge in [0.25, 0.3) is 0 Å². The van der Waals surface area contributed by atoms with Crippen molar-refractivity contribution >= 4 is 23.4 Å². The first-order chi connectivity index (χ1) is 16.0. The third-order valence-corrected chi connectivity index (χ3v) is 7.18. The highest BCUT2D eigenvalue weighted by Crippen LogP contribution is 2.29. The number of hydrogen-bond donors (Lipinski definition) is 1. The molecule has 0 radical (unpaired) electrons. The van der Waals surface area contributed by atoms with Crippen molar-refractivity contribution in [3.05, 3.63) is 45.5 Å². The molecular weight excluding hydrogens is 440 g/mol. The Labute approximate surface area is 198 Å². The number of thioether (sulfide) groups is 1. The van der Waals surface area contributed by atoms with Crippen molar-refractivity contribution in [2.75, 3.05) is 51.0 Å². The van der Waals surface area contributed by atoms with E-state index in [1.165, 1.54) is 11.8 Å². The van der Waals surface area contributed by atoms with Gasteiger partial charge in [-0.15, -0.1) is 0 Å². The molecule has 33 heavy (non-hydrogen) atoms. The lowest BCUT2D eigenvalue weighted by Crippen LogP contribution is -2.40. The molecule has 2 aliphatic rings. The number of aryl methyl sites for hydroxylation is 1. The summed E-state index contributed by atoms with van der Waals surface area (Å²) in [4.78, 5) is 32.3. The van der Waals surface area contributed by atoms with Crippen LogP contribution in [0.5, 0.6) is 5.75 Å². The number of ether oxygens (including phenoxy) is 2. The van der Waals surface area contributed by atoms with Crippen LogP contribution in [-0.4, -0.2) is 66.1 Å². The van der Waals surface area contributed by atoms with Crippen LogP contribution in [0, 0.1) is 6.92 Å². The molecule has 1 amide bonds. The minimum Gasteiger partial charge on any atom is -0.495 e. The number of anilines is 1. The average Bonchev–Trinajstić information content (AvgIpc) is 2.83. The third kappa shape index (κ3) is 5.96. The lowest BCUT2D eigenvalue weighted by molar-refractivity contribution is -0.113. The van der Waals surface area contributed by atoms with E-state index in [-0.39, 0.29) is 17.3 Å². The number of fused-ring (bicyclic) bond motifs is 1. The number of carbonyl (C=O) groups is 1. The number of amides is 1. The van der Waals surface area contributed by atoms with Crippen molar-refractivity contribution in [1.29, 1.82) is 0 Å². The zero-order valence-corrected chi connectivity index (χ0v) is 20.2. The quantitative estimate of drug-likeness (QED) is 0.467. The van der Waals surface area contributed by atoms with Crippen LogP contribution in [0.15, 0.2) is 28.0 Å². The molecule has 8 nitrogen and oxygen atoms in total. The highest BCUT2D eigenvalue weighted by atomic mass is 32.2. The predicted molar refractivity (Wildman–Crippen MR) is 129 cm³/mol. The Morgan fingerprint density at radius 3 is 2.79 bits per heavy atom. The van der Waals surface area contributed by atoms with Gasteiger partial charge in [0.05, 0.1) is 31.8 Å². The molecule has 1 aliphatic carbocycles. The molecular formula is C24H32N4O4S. The van der Waals surface area contributed by atoms with E-state index in [9.17, 15) is 9.59 Å². The Balaban J connectivity index is 1.45. The van der Waals surface area contributed by atoms with E-state index in [0.717, 1.165) is 75.4 Å². The smallest absolute Gasteiger partial charge is 0.348 e. The minimum atomic E-state index is -0.216. The predicted octanol–water partition coefficient (Wildman–Crippen LogP) is 2.50. The molecule has 0 atom stereocenters. The summed E-state index contributed by atoms with van der Waals surface area (Å²) in [5, 5.41) is 3.62. The number of rotatable bonds is 8. The van der Waals surface area contributed by atoms with Crippen LogP contribution in [0.3, 0.4) is 0 Å². The normalized spacial score (nSPS) is 16.3.